The van der Waals surface area contributed by atoms with Crippen molar-refractivity contribution in [1.82, 2.24) is 15.1 Å². The monoisotopic (exact) mass is 525 g/mol. The summed E-state index contributed by atoms with van der Waals surface area (Å²) in [6.07, 6.45) is 1.36. The van der Waals surface area contributed by atoms with Crippen LogP contribution in [0.25, 0.3) is 0 Å². The molecule has 2 saturated heterocycles. The molecule has 2 heterocycles. The first-order valence-corrected chi connectivity index (χ1v) is 13.1. The van der Waals surface area contributed by atoms with Crippen molar-refractivity contribution in [2.24, 2.45) is 11.8 Å². The molecule has 2 fully saturated rings. The maximum absolute atomic E-state index is 15.3. The predicted octanol–water partition coefficient (Wildman–Crippen LogP) is 3.02. The van der Waals surface area contributed by atoms with E-state index < -0.39 is 41.6 Å². The van der Waals surface area contributed by atoms with E-state index >= 15 is 4.39 Å². The minimum absolute atomic E-state index is 0.0176. The molecule has 0 radical (unpaired) electrons. The van der Waals surface area contributed by atoms with Crippen LogP contribution < -0.4 is 5.32 Å². The first kappa shape index (κ1) is 26.3. The zero-order chi connectivity index (χ0) is 27.1. The fourth-order valence-electron chi connectivity index (χ4n) is 5.94. The molecule has 0 spiro atoms. The number of benzene rings is 2. The van der Waals surface area contributed by atoms with Crippen molar-refractivity contribution < 1.29 is 27.9 Å². The molecule has 0 aromatic heterocycles. The number of hydrogen-bond donors (Lipinski definition) is 1. The highest BCUT2D eigenvalue weighted by molar-refractivity contribution is 6.00. The molecule has 2 aromatic rings. The predicted molar refractivity (Wildman–Crippen MR) is 136 cm³/mol. The van der Waals surface area contributed by atoms with Crippen LogP contribution in [0.4, 0.5) is 8.78 Å². The number of halogens is 2. The summed E-state index contributed by atoms with van der Waals surface area (Å²) in [7, 11) is 1.55. The van der Waals surface area contributed by atoms with Gasteiger partial charge in [0.2, 0.25) is 17.7 Å². The Labute approximate surface area is 221 Å². The van der Waals surface area contributed by atoms with Crippen molar-refractivity contribution in [2.45, 2.75) is 57.3 Å². The third-order valence-corrected chi connectivity index (χ3v) is 7.97. The smallest absolute Gasteiger partial charge is 0.250 e. The number of nitrogens with one attached hydrogen (secondary N) is 1. The number of ether oxygens (including phenoxy) is 1. The molecule has 3 aliphatic rings. The van der Waals surface area contributed by atoms with Gasteiger partial charge in [-0.1, -0.05) is 44.2 Å². The molecule has 3 amide bonds. The molecule has 38 heavy (non-hydrogen) atoms. The standard InChI is InChI=1S/C29H33F2N3O4/c1-16(2)10-24-27(35)32-25(19-11-17-6-4-5-7-18(17)12-19)28(36)34(24)26(22-9-8-20(30)13-23(22)31)29(37)33-14-21(15-33)38-3/h4-9,13,16,19,21,24-26H,10-12,14-15H2,1-3H3,(H,32,35)/t24-,25?,26-/m1/s1. The van der Waals surface area contributed by atoms with E-state index in [0.717, 1.165) is 17.2 Å². The first-order valence-electron chi connectivity index (χ1n) is 13.1. The normalized spacial score (nSPS) is 22.9. The highest BCUT2D eigenvalue weighted by atomic mass is 19.1. The zero-order valence-corrected chi connectivity index (χ0v) is 21.8. The van der Waals surface area contributed by atoms with Crippen molar-refractivity contribution >= 4 is 17.7 Å². The van der Waals surface area contributed by atoms with Gasteiger partial charge in [-0.15, -0.1) is 0 Å². The fourth-order valence-corrected chi connectivity index (χ4v) is 5.94. The van der Waals surface area contributed by atoms with Crippen molar-refractivity contribution in [1.29, 1.82) is 0 Å². The number of amides is 3. The fraction of sp³-hybridized carbons (Fsp3) is 0.483. The topological polar surface area (TPSA) is 79.0 Å². The highest BCUT2D eigenvalue weighted by Gasteiger charge is 2.51. The molecule has 1 N–H and O–H groups in total. The van der Waals surface area contributed by atoms with Crippen LogP contribution in [-0.2, 0) is 32.0 Å². The van der Waals surface area contributed by atoms with E-state index in [1.54, 1.807) is 7.11 Å². The Kier molecular flexibility index (Phi) is 7.22. The molecule has 3 atom stereocenters. The molecule has 0 saturated carbocycles. The van der Waals surface area contributed by atoms with E-state index in [1.807, 2.05) is 38.1 Å². The van der Waals surface area contributed by atoms with Gasteiger partial charge in [0.05, 0.1) is 6.10 Å². The van der Waals surface area contributed by atoms with E-state index in [0.29, 0.717) is 38.4 Å². The lowest BCUT2D eigenvalue weighted by molar-refractivity contribution is -0.164. The number of hydrogen-bond acceptors (Lipinski definition) is 4. The average Bonchev–Trinajstić information content (AvgIpc) is 3.27. The van der Waals surface area contributed by atoms with E-state index in [9.17, 15) is 18.8 Å². The van der Waals surface area contributed by atoms with E-state index in [1.165, 1.54) is 15.9 Å². The molecule has 1 aliphatic carbocycles. The third kappa shape index (κ3) is 4.79. The molecule has 5 rings (SSSR count). The molecular formula is C29H33F2N3O4. The molecule has 0 bridgehead atoms. The summed E-state index contributed by atoms with van der Waals surface area (Å²) in [6.45, 7) is 4.42. The largest absolute Gasteiger partial charge is 0.378 e. The molecule has 9 heteroatoms. The van der Waals surface area contributed by atoms with Crippen molar-refractivity contribution in [3.05, 3.63) is 70.8 Å². The zero-order valence-electron chi connectivity index (χ0n) is 21.8. The number of piperazine rings is 1. The van der Waals surface area contributed by atoms with E-state index in [2.05, 4.69) is 5.32 Å². The maximum Gasteiger partial charge on any atom is 0.250 e. The highest BCUT2D eigenvalue weighted by Crippen LogP contribution is 2.37. The van der Waals surface area contributed by atoms with E-state index in [-0.39, 0.29) is 29.4 Å². The van der Waals surface area contributed by atoms with E-state index in [4.69, 9.17) is 4.74 Å². The Morgan fingerprint density at radius 2 is 1.74 bits per heavy atom. The second-order valence-corrected chi connectivity index (χ2v) is 11.0. The number of nitrogens with zero attached hydrogens (tertiary/aromatic N) is 2. The van der Waals surface area contributed by atoms with Crippen LogP contribution >= 0.6 is 0 Å². The number of fused-ring (bicyclic) bond motifs is 1. The number of carbonyl (C=O) groups excluding carboxylic acids is 3. The summed E-state index contributed by atoms with van der Waals surface area (Å²) in [5, 5.41) is 2.94. The molecule has 202 valence electrons. The van der Waals surface area contributed by atoms with Gasteiger partial charge in [-0.25, -0.2) is 8.78 Å². The van der Waals surface area contributed by atoms with Crippen molar-refractivity contribution in [3.8, 4) is 0 Å². The Hall–Kier alpha value is -3.33. The van der Waals surface area contributed by atoms with Gasteiger partial charge in [-0.05, 0) is 48.3 Å². The van der Waals surface area contributed by atoms with Crippen molar-refractivity contribution in [2.75, 3.05) is 20.2 Å². The maximum atomic E-state index is 15.3. The minimum Gasteiger partial charge on any atom is -0.378 e. The molecule has 1 unspecified atom stereocenters. The quantitative estimate of drug-likeness (QED) is 0.603. The summed E-state index contributed by atoms with van der Waals surface area (Å²) in [6, 6.07) is 7.67. The van der Waals surface area contributed by atoms with Gasteiger partial charge in [-0.3, -0.25) is 14.4 Å². The minimum atomic E-state index is -1.40. The first-order chi connectivity index (χ1) is 18.2. The van der Waals surface area contributed by atoms with Gasteiger partial charge in [0.1, 0.15) is 29.8 Å². The second-order valence-electron chi connectivity index (χ2n) is 11.0. The van der Waals surface area contributed by atoms with Crippen LogP contribution in [0.1, 0.15) is 43.0 Å². The lowest BCUT2D eigenvalue weighted by Gasteiger charge is -2.47. The van der Waals surface area contributed by atoms with Gasteiger partial charge in [-0.2, -0.15) is 0 Å². The van der Waals surface area contributed by atoms with Crippen LogP contribution in [0.5, 0.6) is 0 Å². The van der Waals surface area contributed by atoms with Crippen LogP contribution in [0.15, 0.2) is 42.5 Å². The Morgan fingerprint density at radius 3 is 2.32 bits per heavy atom. The molecule has 7 nitrogen and oxygen atoms in total. The summed E-state index contributed by atoms with van der Waals surface area (Å²) in [5.74, 6) is -3.18. The lowest BCUT2D eigenvalue weighted by atomic mass is 9.87. The lowest BCUT2D eigenvalue weighted by Crippen LogP contribution is -2.68. The number of rotatable bonds is 7. The van der Waals surface area contributed by atoms with Gasteiger partial charge >= 0.3 is 0 Å². The van der Waals surface area contributed by atoms with Crippen LogP contribution in [-0.4, -0.2) is 65.9 Å². The Balaban J connectivity index is 1.55. The van der Waals surface area contributed by atoms with Crippen molar-refractivity contribution in [3.63, 3.8) is 0 Å². The SMILES string of the molecule is COC1CN(C(=O)[C@@H](c2ccc(F)cc2F)N2C(=O)C(C3Cc4ccccc4C3)NC(=O)[C@H]2CC(C)C)C1. The van der Waals surface area contributed by atoms with Gasteiger partial charge < -0.3 is 19.9 Å². The average molecular weight is 526 g/mol. The van der Waals surface area contributed by atoms with Crippen LogP contribution in [0, 0.1) is 23.5 Å². The van der Waals surface area contributed by atoms with Crippen LogP contribution in [0.3, 0.4) is 0 Å². The molecule has 2 aromatic carbocycles. The number of likely N-dealkylation sites (tertiary alicyclic amines) is 1. The van der Waals surface area contributed by atoms with Gasteiger partial charge in [0, 0.05) is 31.8 Å². The summed E-state index contributed by atoms with van der Waals surface area (Å²) in [4.78, 5) is 44.5. The third-order valence-electron chi connectivity index (χ3n) is 7.97. The summed E-state index contributed by atoms with van der Waals surface area (Å²) >= 11 is 0. The second kappa shape index (κ2) is 10.4. The molecular weight excluding hydrogens is 492 g/mol. The van der Waals surface area contributed by atoms with Gasteiger partial charge in [0.25, 0.3) is 0 Å². The molecule has 2 aliphatic heterocycles. The Morgan fingerprint density at radius 1 is 1.08 bits per heavy atom. The number of carbonyl (C=O) groups is 3. The Bertz CT molecular complexity index is 1220. The summed E-state index contributed by atoms with van der Waals surface area (Å²) in [5.41, 5.74) is 2.13. The summed E-state index contributed by atoms with van der Waals surface area (Å²) < 4.78 is 34.4. The number of methoxy groups -OCH3 is 1. The van der Waals surface area contributed by atoms with Crippen LogP contribution in [0.2, 0.25) is 0 Å². The van der Waals surface area contributed by atoms with Gasteiger partial charge in [0.15, 0.2) is 0 Å².